The van der Waals surface area contributed by atoms with Crippen LogP contribution in [0.15, 0.2) is 16.9 Å². The quantitative estimate of drug-likeness (QED) is 0.832. The van der Waals surface area contributed by atoms with Gasteiger partial charge in [0.05, 0.1) is 0 Å². The standard InChI is InChI=1S/C16H25N3O2/c1-3-10-18-13-6-5-7-14-12(13)8-9-16(21)19(14)11-15(20)17-4-2/h8-9,13,18H,3-7,10-11H2,1-2H3,(H,17,20). The smallest absolute Gasteiger partial charge is 0.251 e. The number of likely N-dealkylation sites (N-methyl/N-ethyl adjacent to an activating group) is 1. The van der Waals surface area contributed by atoms with Gasteiger partial charge in [-0.1, -0.05) is 13.0 Å². The summed E-state index contributed by atoms with van der Waals surface area (Å²) in [5, 5.41) is 6.30. The fourth-order valence-electron chi connectivity index (χ4n) is 2.96. The van der Waals surface area contributed by atoms with E-state index in [1.54, 1.807) is 10.6 Å². The highest BCUT2D eigenvalue weighted by atomic mass is 16.2. The monoisotopic (exact) mass is 291 g/mol. The molecule has 0 aliphatic heterocycles. The molecule has 0 aromatic carbocycles. The number of hydrogen-bond donors (Lipinski definition) is 2. The summed E-state index contributed by atoms with van der Waals surface area (Å²) in [5.41, 5.74) is 2.11. The zero-order chi connectivity index (χ0) is 15.2. The summed E-state index contributed by atoms with van der Waals surface area (Å²) >= 11 is 0. The van der Waals surface area contributed by atoms with Crippen LogP contribution in [0.1, 0.15) is 50.4 Å². The van der Waals surface area contributed by atoms with Gasteiger partial charge >= 0.3 is 0 Å². The highest BCUT2D eigenvalue weighted by molar-refractivity contribution is 5.75. The molecule has 0 saturated heterocycles. The molecule has 21 heavy (non-hydrogen) atoms. The fraction of sp³-hybridized carbons (Fsp3) is 0.625. The summed E-state index contributed by atoms with van der Waals surface area (Å²) < 4.78 is 1.64. The maximum Gasteiger partial charge on any atom is 0.251 e. The normalized spacial score (nSPS) is 17.3. The minimum absolute atomic E-state index is 0.0869. The summed E-state index contributed by atoms with van der Waals surface area (Å²) in [5.74, 6) is -0.100. The van der Waals surface area contributed by atoms with Gasteiger partial charge in [-0.05, 0) is 44.7 Å². The van der Waals surface area contributed by atoms with Crippen molar-refractivity contribution >= 4 is 5.91 Å². The van der Waals surface area contributed by atoms with Crippen LogP contribution in [0, 0.1) is 0 Å². The molecule has 1 aromatic heterocycles. The molecule has 1 aliphatic carbocycles. The van der Waals surface area contributed by atoms with E-state index < -0.39 is 0 Å². The molecule has 1 atom stereocenters. The third-order valence-corrected chi connectivity index (χ3v) is 3.93. The lowest BCUT2D eigenvalue weighted by atomic mass is 9.90. The highest BCUT2D eigenvalue weighted by Crippen LogP contribution is 2.28. The first-order chi connectivity index (χ1) is 10.2. The zero-order valence-corrected chi connectivity index (χ0v) is 12.9. The summed E-state index contributed by atoms with van der Waals surface area (Å²) in [6, 6.07) is 3.82. The first kappa shape index (κ1) is 15.8. The zero-order valence-electron chi connectivity index (χ0n) is 12.9. The van der Waals surface area contributed by atoms with Crippen LogP contribution in [-0.4, -0.2) is 23.6 Å². The Hall–Kier alpha value is -1.62. The van der Waals surface area contributed by atoms with Gasteiger partial charge in [0, 0.05) is 24.3 Å². The van der Waals surface area contributed by atoms with Crippen molar-refractivity contribution in [2.45, 2.75) is 52.1 Å². The van der Waals surface area contributed by atoms with Crippen LogP contribution in [0.4, 0.5) is 0 Å². The third kappa shape index (κ3) is 3.73. The minimum atomic E-state index is -0.100. The average molecular weight is 291 g/mol. The molecule has 2 rings (SSSR count). The number of nitrogens with zero attached hydrogens (tertiary/aromatic N) is 1. The van der Waals surface area contributed by atoms with Crippen LogP contribution in [0.5, 0.6) is 0 Å². The molecular formula is C16H25N3O2. The van der Waals surface area contributed by atoms with Crippen molar-refractivity contribution in [3.8, 4) is 0 Å². The summed E-state index contributed by atoms with van der Waals surface area (Å²) in [6.45, 7) is 5.71. The van der Waals surface area contributed by atoms with E-state index in [4.69, 9.17) is 0 Å². The number of carbonyl (C=O) groups is 1. The van der Waals surface area contributed by atoms with E-state index in [0.717, 1.165) is 37.9 Å². The van der Waals surface area contributed by atoms with E-state index in [9.17, 15) is 9.59 Å². The van der Waals surface area contributed by atoms with Gasteiger partial charge in [-0.15, -0.1) is 0 Å². The maximum absolute atomic E-state index is 12.1. The van der Waals surface area contributed by atoms with Crippen LogP contribution in [0.2, 0.25) is 0 Å². The molecule has 1 amide bonds. The second-order valence-corrected chi connectivity index (χ2v) is 5.51. The van der Waals surface area contributed by atoms with Crippen LogP contribution < -0.4 is 16.2 Å². The first-order valence-electron chi connectivity index (χ1n) is 7.90. The first-order valence-corrected chi connectivity index (χ1v) is 7.90. The van der Waals surface area contributed by atoms with Crippen molar-refractivity contribution < 1.29 is 4.79 Å². The van der Waals surface area contributed by atoms with Crippen LogP contribution in [-0.2, 0) is 17.8 Å². The Kier molecular flexibility index (Phi) is 5.56. The highest BCUT2D eigenvalue weighted by Gasteiger charge is 2.23. The Morgan fingerprint density at radius 3 is 2.90 bits per heavy atom. The van der Waals surface area contributed by atoms with Gasteiger partial charge in [-0.2, -0.15) is 0 Å². The number of pyridine rings is 1. The van der Waals surface area contributed by atoms with E-state index in [2.05, 4.69) is 17.6 Å². The Bertz CT molecular complexity index is 551. The molecular weight excluding hydrogens is 266 g/mol. The number of rotatable bonds is 6. The van der Waals surface area contributed by atoms with Crippen molar-refractivity contribution in [1.82, 2.24) is 15.2 Å². The number of carbonyl (C=O) groups excluding carboxylic acids is 1. The summed E-state index contributed by atoms with van der Waals surface area (Å²) in [6.07, 6.45) is 4.10. The number of amides is 1. The van der Waals surface area contributed by atoms with Crippen molar-refractivity contribution in [3.63, 3.8) is 0 Å². The minimum Gasteiger partial charge on any atom is -0.355 e. The fourth-order valence-corrected chi connectivity index (χ4v) is 2.96. The molecule has 0 fully saturated rings. The van der Waals surface area contributed by atoms with Crippen LogP contribution in [0.3, 0.4) is 0 Å². The maximum atomic E-state index is 12.1. The molecule has 1 aromatic rings. The molecule has 1 aliphatic rings. The van der Waals surface area contributed by atoms with Gasteiger partial charge in [-0.25, -0.2) is 0 Å². The summed E-state index contributed by atoms with van der Waals surface area (Å²) in [4.78, 5) is 23.9. The van der Waals surface area contributed by atoms with E-state index >= 15 is 0 Å². The van der Waals surface area contributed by atoms with E-state index in [1.807, 2.05) is 13.0 Å². The number of hydrogen-bond acceptors (Lipinski definition) is 3. The lowest BCUT2D eigenvalue weighted by Crippen LogP contribution is -2.36. The van der Waals surface area contributed by atoms with Gasteiger partial charge in [0.2, 0.25) is 5.91 Å². The molecule has 1 heterocycles. The van der Waals surface area contributed by atoms with E-state index in [-0.39, 0.29) is 18.0 Å². The van der Waals surface area contributed by atoms with Gasteiger partial charge in [-0.3, -0.25) is 9.59 Å². The van der Waals surface area contributed by atoms with Gasteiger partial charge in [0.25, 0.3) is 5.56 Å². The SMILES string of the molecule is CCCNC1CCCc2c1ccc(=O)n2CC(=O)NCC. The van der Waals surface area contributed by atoms with Gasteiger partial charge < -0.3 is 15.2 Å². The number of aromatic nitrogens is 1. The molecule has 2 N–H and O–H groups in total. The Balaban J connectivity index is 2.29. The number of nitrogens with one attached hydrogen (secondary N) is 2. The predicted octanol–water partition coefficient (Wildman–Crippen LogP) is 1.36. The summed E-state index contributed by atoms with van der Waals surface area (Å²) in [7, 11) is 0. The Morgan fingerprint density at radius 1 is 1.38 bits per heavy atom. The van der Waals surface area contributed by atoms with Gasteiger partial charge in [0.15, 0.2) is 0 Å². The second-order valence-electron chi connectivity index (χ2n) is 5.51. The molecule has 0 saturated carbocycles. The molecule has 5 heteroatoms. The Labute approximate surface area is 125 Å². The van der Waals surface area contributed by atoms with Crippen molar-refractivity contribution in [1.29, 1.82) is 0 Å². The van der Waals surface area contributed by atoms with Crippen molar-refractivity contribution in [3.05, 3.63) is 33.7 Å². The van der Waals surface area contributed by atoms with E-state index in [1.165, 1.54) is 5.56 Å². The molecule has 116 valence electrons. The topological polar surface area (TPSA) is 63.1 Å². The largest absolute Gasteiger partial charge is 0.355 e. The molecule has 0 bridgehead atoms. The second kappa shape index (κ2) is 7.41. The lowest BCUT2D eigenvalue weighted by Gasteiger charge is -2.28. The Morgan fingerprint density at radius 2 is 2.19 bits per heavy atom. The molecule has 5 nitrogen and oxygen atoms in total. The predicted molar refractivity (Wildman–Crippen MR) is 83.4 cm³/mol. The van der Waals surface area contributed by atoms with E-state index in [0.29, 0.717) is 12.6 Å². The molecule has 0 radical (unpaired) electrons. The molecule has 1 unspecified atom stereocenters. The van der Waals surface area contributed by atoms with Crippen molar-refractivity contribution in [2.24, 2.45) is 0 Å². The van der Waals surface area contributed by atoms with Gasteiger partial charge in [0.1, 0.15) is 6.54 Å². The third-order valence-electron chi connectivity index (χ3n) is 3.93. The van der Waals surface area contributed by atoms with Crippen molar-refractivity contribution in [2.75, 3.05) is 13.1 Å². The van der Waals surface area contributed by atoms with Crippen LogP contribution >= 0.6 is 0 Å². The lowest BCUT2D eigenvalue weighted by molar-refractivity contribution is -0.121. The van der Waals surface area contributed by atoms with Crippen LogP contribution in [0.25, 0.3) is 0 Å². The molecule has 0 spiro atoms. The average Bonchev–Trinajstić information content (AvgIpc) is 2.48. The number of fused-ring (bicyclic) bond motifs is 1.